The molecule has 4 heteroatoms. The van der Waals surface area contributed by atoms with Crippen molar-refractivity contribution in [3.05, 3.63) is 0 Å². The Balaban J connectivity index is 2.07. The number of β-amino-alcohol motifs (C(OH)–C–C–N with tert-alkyl or cyclic N) is 1. The van der Waals surface area contributed by atoms with E-state index >= 15 is 0 Å². The van der Waals surface area contributed by atoms with E-state index in [1.54, 1.807) is 0 Å². The van der Waals surface area contributed by atoms with Gasteiger partial charge < -0.3 is 15.3 Å². The maximum atomic E-state index is 11.5. The van der Waals surface area contributed by atoms with Crippen LogP contribution in [0.5, 0.6) is 0 Å². The van der Waals surface area contributed by atoms with E-state index in [0.29, 0.717) is 25.2 Å². The van der Waals surface area contributed by atoms with E-state index in [9.17, 15) is 4.79 Å². The van der Waals surface area contributed by atoms with Gasteiger partial charge in [0, 0.05) is 18.6 Å². The average Bonchev–Trinajstić information content (AvgIpc) is 2.52. The molecule has 0 aromatic heterocycles. The summed E-state index contributed by atoms with van der Waals surface area (Å²) in [5, 5.41) is 12.1. The summed E-state index contributed by atoms with van der Waals surface area (Å²) in [6.45, 7) is 1.02. The summed E-state index contributed by atoms with van der Waals surface area (Å²) in [6, 6.07) is 0.900. The third-order valence-electron chi connectivity index (χ3n) is 3.05. The summed E-state index contributed by atoms with van der Waals surface area (Å²) in [4.78, 5) is 13.4. The predicted octanol–water partition coefficient (Wildman–Crippen LogP) is -0.668. The molecule has 1 aliphatic carbocycles. The molecule has 1 amide bonds. The lowest BCUT2D eigenvalue weighted by atomic mass is 10.2. The third-order valence-corrected chi connectivity index (χ3v) is 3.05. The average molecular weight is 184 g/mol. The predicted molar refractivity (Wildman–Crippen MR) is 48.2 cm³/mol. The third kappa shape index (κ3) is 1.69. The van der Waals surface area contributed by atoms with Gasteiger partial charge in [-0.1, -0.05) is 0 Å². The van der Waals surface area contributed by atoms with Gasteiger partial charge in [0.15, 0.2) is 0 Å². The lowest BCUT2D eigenvalue weighted by Crippen LogP contribution is -2.43. The number of nitrogens with zero attached hydrogens (tertiary/aromatic N) is 1. The monoisotopic (exact) mass is 184 g/mol. The van der Waals surface area contributed by atoms with E-state index in [1.165, 1.54) is 6.42 Å². The number of aliphatic hydroxyl groups is 1. The molecule has 13 heavy (non-hydrogen) atoms. The fraction of sp³-hybridized carbons (Fsp3) is 0.889. The first-order chi connectivity index (χ1) is 6.31. The Morgan fingerprint density at radius 1 is 1.54 bits per heavy atom. The molecule has 2 aliphatic rings. The topological polar surface area (TPSA) is 52.6 Å². The zero-order valence-corrected chi connectivity index (χ0v) is 7.70. The molecule has 1 saturated heterocycles. The number of hydrogen-bond acceptors (Lipinski definition) is 3. The molecule has 2 N–H and O–H groups in total. The summed E-state index contributed by atoms with van der Waals surface area (Å²) < 4.78 is 0. The van der Waals surface area contributed by atoms with Crippen molar-refractivity contribution in [3.63, 3.8) is 0 Å². The van der Waals surface area contributed by atoms with Crippen LogP contribution in [0.2, 0.25) is 0 Å². The highest BCUT2D eigenvalue weighted by atomic mass is 16.3. The Labute approximate surface area is 77.9 Å². The van der Waals surface area contributed by atoms with E-state index in [0.717, 1.165) is 12.8 Å². The molecular weight excluding hydrogens is 168 g/mol. The molecule has 2 fully saturated rings. The highest BCUT2D eigenvalue weighted by Crippen LogP contribution is 2.26. The van der Waals surface area contributed by atoms with E-state index in [4.69, 9.17) is 5.11 Å². The number of rotatable bonds is 2. The molecule has 1 aliphatic heterocycles. The summed E-state index contributed by atoms with van der Waals surface area (Å²) in [7, 11) is 0. The molecule has 74 valence electrons. The minimum absolute atomic E-state index is 0.0763. The molecule has 0 aromatic carbocycles. The number of carbonyl (C=O) groups excluding carboxylic acids is 1. The van der Waals surface area contributed by atoms with E-state index in [-0.39, 0.29) is 12.5 Å². The van der Waals surface area contributed by atoms with Gasteiger partial charge in [-0.2, -0.15) is 0 Å². The zero-order chi connectivity index (χ0) is 9.26. The van der Waals surface area contributed by atoms with Crippen molar-refractivity contribution in [2.24, 2.45) is 0 Å². The first kappa shape index (κ1) is 8.97. The smallest absolute Gasteiger partial charge is 0.236 e. The van der Waals surface area contributed by atoms with Gasteiger partial charge in [-0.05, 0) is 19.3 Å². The first-order valence-corrected chi connectivity index (χ1v) is 4.95. The fourth-order valence-electron chi connectivity index (χ4n) is 2.38. The Kier molecular flexibility index (Phi) is 2.51. The van der Waals surface area contributed by atoms with E-state index in [2.05, 4.69) is 5.32 Å². The summed E-state index contributed by atoms with van der Waals surface area (Å²) in [5.74, 6) is 0.140. The van der Waals surface area contributed by atoms with Crippen molar-refractivity contribution in [3.8, 4) is 0 Å². The van der Waals surface area contributed by atoms with E-state index in [1.807, 2.05) is 4.90 Å². The van der Waals surface area contributed by atoms with E-state index < -0.39 is 0 Å². The molecule has 2 unspecified atom stereocenters. The molecule has 2 bridgehead atoms. The Bertz CT molecular complexity index is 208. The van der Waals surface area contributed by atoms with Gasteiger partial charge in [-0.25, -0.2) is 0 Å². The highest BCUT2D eigenvalue weighted by Gasteiger charge is 2.34. The van der Waals surface area contributed by atoms with Crippen LogP contribution in [-0.2, 0) is 4.79 Å². The quantitative estimate of drug-likeness (QED) is 0.598. The molecule has 2 rings (SSSR count). The standard InChI is InChI=1S/C9H16N2O2/c12-4-3-11-8-2-1-7(5-8)10-6-9(11)13/h7-8,10,12H,1-6H2. The molecule has 0 aromatic rings. The van der Waals surface area contributed by atoms with Gasteiger partial charge in [0.2, 0.25) is 5.91 Å². The minimum atomic E-state index is 0.0763. The molecule has 1 saturated carbocycles. The van der Waals surface area contributed by atoms with Crippen LogP contribution in [-0.4, -0.2) is 47.7 Å². The molecule has 0 spiro atoms. The van der Waals surface area contributed by atoms with Crippen molar-refractivity contribution in [1.82, 2.24) is 10.2 Å². The molecule has 0 radical (unpaired) electrons. The largest absolute Gasteiger partial charge is 0.395 e. The van der Waals surface area contributed by atoms with Gasteiger partial charge in [0.1, 0.15) is 0 Å². The Morgan fingerprint density at radius 2 is 2.38 bits per heavy atom. The number of hydrogen-bond donors (Lipinski definition) is 2. The lowest BCUT2D eigenvalue weighted by Gasteiger charge is -2.26. The van der Waals surface area contributed by atoms with Crippen LogP contribution in [0.25, 0.3) is 0 Å². The van der Waals surface area contributed by atoms with Crippen molar-refractivity contribution < 1.29 is 9.90 Å². The van der Waals surface area contributed by atoms with Crippen molar-refractivity contribution in [2.45, 2.75) is 31.3 Å². The Hall–Kier alpha value is -0.610. The number of aliphatic hydroxyl groups excluding tert-OH is 1. The Morgan fingerprint density at radius 3 is 3.15 bits per heavy atom. The van der Waals surface area contributed by atoms with Crippen LogP contribution in [0, 0.1) is 0 Å². The minimum Gasteiger partial charge on any atom is -0.395 e. The second-order valence-corrected chi connectivity index (χ2v) is 3.86. The summed E-state index contributed by atoms with van der Waals surface area (Å²) in [5.41, 5.74) is 0. The molecule has 2 atom stereocenters. The first-order valence-electron chi connectivity index (χ1n) is 4.95. The van der Waals surface area contributed by atoms with Gasteiger partial charge in [0.25, 0.3) is 0 Å². The fourth-order valence-corrected chi connectivity index (χ4v) is 2.38. The van der Waals surface area contributed by atoms with Gasteiger partial charge >= 0.3 is 0 Å². The maximum Gasteiger partial charge on any atom is 0.236 e. The number of carbonyl (C=O) groups is 1. The van der Waals surface area contributed by atoms with Crippen LogP contribution in [0.1, 0.15) is 19.3 Å². The van der Waals surface area contributed by atoms with Crippen molar-refractivity contribution >= 4 is 5.91 Å². The van der Waals surface area contributed by atoms with Gasteiger partial charge in [-0.3, -0.25) is 4.79 Å². The van der Waals surface area contributed by atoms with Crippen LogP contribution in [0.15, 0.2) is 0 Å². The number of amides is 1. The number of nitrogens with one attached hydrogen (secondary N) is 1. The van der Waals surface area contributed by atoms with Crippen LogP contribution < -0.4 is 5.32 Å². The second kappa shape index (κ2) is 3.64. The van der Waals surface area contributed by atoms with Crippen molar-refractivity contribution in [1.29, 1.82) is 0 Å². The maximum absolute atomic E-state index is 11.5. The summed E-state index contributed by atoms with van der Waals surface area (Å²) in [6.07, 6.45) is 3.31. The second-order valence-electron chi connectivity index (χ2n) is 3.86. The van der Waals surface area contributed by atoms with Crippen LogP contribution >= 0.6 is 0 Å². The SMILES string of the molecule is O=C1CNC2CCC(C2)N1CCO. The molecule has 1 heterocycles. The van der Waals surface area contributed by atoms with Gasteiger partial charge in [-0.15, -0.1) is 0 Å². The van der Waals surface area contributed by atoms with Gasteiger partial charge in [0.05, 0.1) is 13.2 Å². The molecular formula is C9H16N2O2. The van der Waals surface area contributed by atoms with Crippen molar-refractivity contribution in [2.75, 3.05) is 19.7 Å². The van der Waals surface area contributed by atoms with Crippen LogP contribution in [0.4, 0.5) is 0 Å². The lowest BCUT2D eigenvalue weighted by molar-refractivity contribution is -0.132. The number of fused-ring (bicyclic) bond motifs is 2. The zero-order valence-electron chi connectivity index (χ0n) is 7.70. The van der Waals surface area contributed by atoms with Crippen LogP contribution in [0.3, 0.4) is 0 Å². The highest BCUT2D eigenvalue weighted by molar-refractivity contribution is 5.79. The molecule has 4 nitrogen and oxygen atoms in total. The normalized spacial score (nSPS) is 33.6. The summed E-state index contributed by atoms with van der Waals surface area (Å²) >= 11 is 0.